The van der Waals surface area contributed by atoms with Gasteiger partial charge in [0.2, 0.25) is 0 Å². The third-order valence-corrected chi connectivity index (χ3v) is 1.87. The predicted molar refractivity (Wildman–Crippen MR) is 57.2 cm³/mol. The lowest BCUT2D eigenvalue weighted by atomic mass is 10.2. The molecule has 0 spiro atoms. The Morgan fingerprint density at radius 1 is 1.50 bits per heavy atom. The van der Waals surface area contributed by atoms with E-state index in [2.05, 4.69) is 5.32 Å². The van der Waals surface area contributed by atoms with Crippen molar-refractivity contribution in [1.29, 1.82) is 0 Å². The second-order valence-electron chi connectivity index (χ2n) is 2.97. The van der Waals surface area contributed by atoms with Gasteiger partial charge in [0.15, 0.2) is 0 Å². The molecular formula is C11H15NO2. The molecule has 76 valence electrons. The van der Waals surface area contributed by atoms with E-state index in [0.29, 0.717) is 12.2 Å². The summed E-state index contributed by atoms with van der Waals surface area (Å²) in [6, 6.07) is 5.35. The average Bonchev–Trinajstić information content (AvgIpc) is 2.25. The monoisotopic (exact) mass is 193 g/mol. The summed E-state index contributed by atoms with van der Waals surface area (Å²) in [6.07, 6.45) is 1.77. The van der Waals surface area contributed by atoms with Gasteiger partial charge in [-0.3, -0.25) is 4.79 Å². The number of ether oxygens (including phenoxy) is 1. The number of carbonyl (C=O) groups excluding carboxylic acids is 1. The number of nitrogens with one attached hydrogen (secondary N) is 1. The van der Waals surface area contributed by atoms with Gasteiger partial charge in [0.1, 0.15) is 12.0 Å². The van der Waals surface area contributed by atoms with Crippen LogP contribution >= 0.6 is 0 Å². The van der Waals surface area contributed by atoms with Crippen molar-refractivity contribution in [3.63, 3.8) is 0 Å². The molecule has 0 heterocycles. The summed E-state index contributed by atoms with van der Waals surface area (Å²) in [7, 11) is 1.83. The lowest BCUT2D eigenvalue weighted by Crippen LogP contribution is -2.00. The van der Waals surface area contributed by atoms with E-state index in [0.717, 1.165) is 24.1 Å². The van der Waals surface area contributed by atoms with Gasteiger partial charge >= 0.3 is 0 Å². The molecule has 0 bridgehead atoms. The van der Waals surface area contributed by atoms with Crippen molar-refractivity contribution in [3.8, 4) is 5.75 Å². The normalized spacial score (nSPS) is 9.57. The Morgan fingerprint density at radius 3 is 2.86 bits per heavy atom. The van der Waals surface area contributed by atoms with E-state index in [-0.39, 0.29) is 0 Å². The number of hydrogen-bond acceptors (Lipinski definition) is 3. The molecule has 0 aliphatic carbocycles. The van der Waals surface area contributed by atoms with Crippen molar-refractivity contribution in [1.82, 2.24) is 0 Å². The molecule has 1 N–H and O–H groups in total. The maximum Gasteiger partial charge on any atom is 0.150 e. The van der Waals surface area contributed by atoms with E-state index in [4.69, 9.17) is 4.74 Å². The molecule has 3 nitrogen and oxygen atoms in total. The minimum Gasteiger partial charge on any atom is -0.491 e. The van der Waals surface area contributed by atoms with Crippen molar-refractivity contribution < 1.29 is 9.53 Å². The molecule has 3 heteroatoms. The zero-order valence-electron chi connectivity index (χ0n) is 8.54. The van der Waals surface area contributed by atoms with E-state index < -0.39 is 0 Å². The van der Waals surface area contributed by atoms with Crippen molar-refractivity contribution in [2.24, 2.45) is 0 Å². The fraction of sp³-hybridized carbons (Fsp3) is 0.364. The van der Waals surface area contributed by atoms with Gasteiger partial charge in [0.05, 0.1) is 12.3 Å². The van der Waals surface area contributed by atoms with Crippen LogP contribution in [-0.2, 0) is 0 Å². The first-order chi connectivity index (χ1) is 6.81. The number of anilines is 1. The summed E-state index contributed by atoms with van der Waals surface area (Å²) in [6.45, 7) is 2.71. The second-order valence-corrected chi connectivity index (χ2v) is 2.97. The van der Waals surface area contributed by atoms with Crippen LogP contribution in [0.4, 0.5) is 5.69 Å². The van der Waals surface area contributed by atoms with Crippen molar-refractivity contribution in [2.75, 3.05) is 19.0 Å². The summed E-state index contributed by atoms with van der Waals surface area (Å²) >= 11 is 0. The third kappa shape index (κ3) is 2.49. The molecule has 1 aromatic rings. The highest BCUT2D eigenvalue weighted by Gasteiger charge is 2.02. The minimum atomic E-state index is 0.634. The number of rotatable bonds is 5. The van der Waals surface area contributed by atoms with Crippen LogP contribution < -0.4 is 10.1 Å². The SMILES string of the molecule is CCCOc1cc(C=O)ccc1NC. The predicted octanol–water partition coefficient (Wildman–Crippen LogP) is 2.33. The number of benzene rings is 1. The molecule has 0 aliphatic rings. The molecular weight excluding hydrogens is 178 g/mol. The van der Waals surface area contributed by atoms with Crippen LogP contribution in [0.5, 0.6) is 5.75 Å². The molecule has 1 rings (SSSR count). The van der Waals surface area contributed by atoms with E-state index in [9.17, 15) is 4.79 Å². The standard InChI is InChI=1S/C11H15NO2/c1-3-6-14-11-7-9(8-13)4-5-10(11)12-2/h4-5,7-8,12H,3,6H2,1-2H3. The summed E-state index contributed by atoms with van der Waals surface area (Å²) in [5.41, 5.74) is 1.54. The first kappa shape index (κ1) is 10.6. The van der Waals surface area contributed by atoms with Gasteiger partial charge in [-0.15, -0.1) is 0 Å². The summed E-state index contributed by atoms with van der Waals surface area (Å²) < 4.78 is 5.50. The molecule has 0 radical (unpaired) electrons. The highest BCUT2D eigenvalue weighted by molar-refractivity contribution is 5.78. The molecule has 0 aliphatic heterocycles. The Balaban J connectivity index is 2.89. The van der Waals surface area contributed by atoms with Gasteiger partial charge in [0, 0.05) is 12.6 Å². The topological polar surface area (TPSA) is 38.3 Å². The van der Waals surface area contributed by atoms with Crippen LogP contribution in [0.3, 0.4) is 0 Å². The van der Waals surface area contributed by atoms with Crippen molar-refractivity contribution in [2.45, 2.75) is 13.3 Å². The maximum absolute atomic E-state index is 10.6. The smallest absolute Gasteiger partial charge is 0.150 e. The van der Waals surface area contributed by atoms with Gasteiger partial charge in [-0.25, -0.2) is 0 Å². The van der Waals surface area contributed by atoms with Crippen LogP contribution in [-0.4, -0.2) is 19.9 Å². The van der Waals surface area contributed by atoms with Crippen molar-refractivity contribution in [3.05, 3.63) is 23.8 Å². The first-order valence-corrected chi connectivity index (χ1v) is 4.71. The zero-order chi connectivity index (χ0) is 10.4. The highest BCUT2D eigenvalue weighted by atomic mass is 16.5. The third-order valence-electron chi connectivity index (χ3n) is 1.87. The number of carbonyl (C=O) groups is 1. The fourth-order valence-electron chi connectivity index (χ4n) is 1.15. The molecule has 0 saturated heterocycles. The van der Waals surface area contributed by atoms with Crippen molar-refractivity contribution >= 4 is 12.0 Å². The van der Waals surface area contributed by atoms with Gasteiger partial charge in [0.25, 0.3) is 0 Å². The highest BCUT2D eigenvalue weighted by Crippen LogP contribution is 2.24. The molecule has 0 saturated carbocycles. The number of aldehydes is 1. The summed E-state index contributed by atoms with van der Waals surface area (Å²) in [5.74, 6) is 0.735. The van der Waals surface area contributed by atoms with Gasteiger partial charge in [-0.1, -0.05) is 6.92 Å². The molecule has 0 unspecified atom stereocenters. The zero-order valence-corrected chi connectivity index (χ0v) is 8.54. The Hall–Kier alpha value is -1.51. The maximum atomic E-state index is 10.6. The fourth-order valence-corrected chi connectivity index (χ4v) is 1.15. The van der Waals surface area contributed by atoms with Crippen LogP contribution in [0.25, 0.3) is 0 Å². The van der Waals surface area contributed by atoms with E-state index in [1.54, 1.807) is 12.1 Å². The van der Waals surface area contributed by atoms with Gasteiger partial charge in [-0.05, 0) is 24.6 Å². The Morgan fingerprint density at radius 2 is 2.29 bits per heavy atom. The van der Waals surface area contributed by atoms with Crippen LogP contribution in [0.15, 0.2) is 18.2 Å². The Kier molecular flexibility index (Phi) is 3.98. The molecule has 0 atom stereocenters. The Labute approximate surface area is 84.1 Å². The molecule has 0 amide bonds. The second kappa shape index (κ2) is 5.27. The molecule has 0 fully saturated rings. The van der Waals surface area contributed by atoms with Crippen LogP contribution in [0.2, 0.25) is 0 Å². The summed E-state index contributed by atoms with van der Waals surface area (Å²) in [5, 5.41) is 3.01. The van der Waals surface area contributed by atoms with E-state index in [1.165, 1.54) is 0 Å². The first-order valence-electron chi connectivity index (χ1n) is 4.71. The minimum absolute atomic E-state index is 0.634. The Bertz CT molecular complexity index is 310. The quantitative estimate of drug-likeness (QED) is 0.729. The summed E-state index contributed by atoms with van der Waals surface area (Å²) in [4.78, 5) is 10.6. The van der Waals surface area contributed by atoms with Gasteiger partial charge in [-0.2, -0.15) is 0 Å². The van der Waals surface area contributed by atoms with Gasteiger partial charge < -0.3 is 10.1 Å². The largest absolute Gasteiger partial charge is 0.491 e. The average molecular weight is 193 g/mol. The number of hydrogen-bond donors (Lipinski definition) is 1. The van der Waals surface area contributed by atoms with Crippen LogP contribution in [0.1, 0.15) is 23.7 Å². The lowest BCUT2D eigenvalue weighted by Gasteiger charge is -2.10. The van der Waals surface area contributed by atoms with Crippen LogP contribution in [0, 0.1) is 0 Å². The molecule has 0 aromatic heterocycles. The lowest BCUT2D eigenvalue weighted by molar-refractivity contribution is 0.112. The molecule has 1 aromatic carbocycles. The molecule has 14 heavy (non-hydrogen) atoms. The van der Waals surface area contributed by atoms with E-state index in [1.807, 2.05) is 20.0 Å². The van der Waals surface area contributed by atoms with E-state index >= 15 is 0 Å².